The lowest BCUT2D eigenvalue weighted by Gasteiger charge is -2.29. The fourth-order valence-corrected chi connectivity index (χ4v) is 2.43. The number of rotatable bonds is 8. The first-order valence-corrected chi connectivity index (χ1v) is 7.67. The van der Waals surface area contributed by atoms with Crippen molar-refractivity contribution in [1.29, 1.82) is 0 Å². The van der Waals surface area contributed by atoms with Gasteiger partial charge in [0.25, 0.3) is 0 Å². The van der Waals surface area contributed by atoms with E-state index in [0.29, 0.717) is 17.6 Å². The normalized spacial score (nSPS) is 12.8. The predicted molar refractivity (Wildman–Crippen MR) is 85.7 cm³/mol. The van der Waals surface area contributed by atoms with Crippen LogP contribution in [0, 0.1) is 11.7 Å². The van der Waals surface area contributed by atoms with E-state index in [1.165, 1.54) is 0 Å². The van der Waals surface area contributed by atoms with Crippen molar-refractivity contribution in [1.82, 2.24) is 5.32 Å². The van der Waals surface area contributed by atoms with Gasteiger partial charge in [-0.3, -0.25) is 0 Å². The van der Waals surface area contributed by atoms with Gasteiger partial charge in [0, 0.05) is 19.6 Å². The van der Waals surface area contributed by atoms with E-state index in [9.17, 15) is 4.39 Å². The van der Waals surface area contributed by atoms with E-state index in [-0.39, 0.29) is 5.82 Å². The van der Waals surface area contributed by atoms with Crippen molar-refractivity contribution in [2.24, 2.45) is 5.92 Å². The molecule has 2 nitrogen and oxygen atoms in total. The SMILES string of the molecule is CCCNCc1ccc(N(C)C(C)CC(C)C)c(F)c1. The van der Waals surface area contributed by atoms with Crippen LogP contribution < -0.4 is 10.2 Å². The van der Waals surface area contributed by atoms with Crippen molar-refractivity contribution in [3.63, 3.8) is 0 Å². The van der Waals surface area contributed by atoms with Crippen LogP contribution in [0.2, 0.25) is 0 Å². The minimum atomic E-state index is -0.126. The maximum Gasteiger partial charge on any atom is 0.146 e. The van der Waals surface area contributed by atoms with Crippen LogP contribution in [0.4, 0.5) is 10.1 Å². The summed E-state index contributed by atoms with van der Waals surface area (Å²) in [5.74, 6) is 0.493. The van der Waals surface area contributed by atoms with Gasteiger partial charge in [-0.05, 0) is 49.9 Å². The third-order valence-corrected chi connectivity index (χ3v) is 3.62. The van der Waals surface area contributed by atoms with Gasteiger partial charge in [0.2, 0.25) is 0 Å². The van der Waals surface area contributed by atoms with E-state index in [1.54, 1.807) is 6.07 Å². The summed E-state index contributed by atoms with van der Waals surface area (Å²) in [4.78, 5) is 2.04. The van der Waals surface area contributed by atoms with Crippen LogP contribution in [0.5, 0.6) is 0 Å². The summed E-state index contributed by atoms with van der Waals surface area (Å²) in [6.45, 7) is 10.4. The zero-order valence-corrected chi connectivity index (χ0v) is 13.5. The lowest BCUT2D eigenvalue weighted by molar-refractivity contribution is 0.498. The third-order valence-electron chi connectivity index (χ3n) is 3.62. The van der Waals surface area contributed by atoms with E-state index in [0.717, 1.165) is 31.5 Å². The largest absolute Gasteiger partial charge is 0.370 e. The highest BCUT2D eigenvalue weighted by atomic mass is 19.1. The molecule has 0 saturated carbocycles. The van der Waals surface area contributed by atoms with Crippen LogP contribution in [0.15, 0.2) is 18.2 Å². The highest BCUT2D eigenvalue weighted by molar-refractivity contribution is 5.49. The van der Waals surface area contributed by atoms with Crippen molar-refractivity contribution in [2.45, 2.75) is 53.1 Å². The molecule has 0 spiro atoms. The van der Waals surface area contributed by atoms with Crippen LogP contribution in [0.25, 0.3) is 0 Å². The molecule has 0 saturated heterocycles. The summed E-state index contributed by atoms with van der Waals surface area (Å²) in [6.07, 6.45) is 2.16. The summed E-state index contributed by atoms with van der Waals surface area (Å²) >= 11 is 0. The molecule has 0 heterocycles. The molecule has 0 aromatic heterocycles. The van der Waals surface area contributed by atoms with E-state index in [1.807, 2.05) is 24.1 Å². The van der Waals surface area contributed by atoms with Crippen LogP contribution in [-0.2, 0) is 6.54 Å². The number of hydrogen-bond donors (Lipinski definition) is 1. The van der Waals surface area contributed by atoms with Crippen LogP contribution >= 0.6 is 0 Å². The van der Waals surface area contributed by atoms with Crippen molar-refractivity contribution >= 4 is 5.69 Å². The molecule has 1 rings (SSSR count). The fourth-order valence-electron chi connectivity index (χ4n) is 2.43. The molecule has 0 radical (unpaired) electrons. The molecule has 1 atom stereocenters. The lowest BCUT2D eigenvalue weighted by Crippen LogP contribution is -2.30. The second-order valence-corrected chi connectivity index (χ2v) is 6.05. The Morgan fingerprint density at radius 3 is 2.50 bits per heavy atom. The Balaban J connectivity index is 2.71. The third kappa shape index (κ3) is 5.12. The molecule has 1 N–H and O–H groups in total. The molecule has 0 amide bonds. The Kier molecular flexibility index (Phi) is 7.00. The molecule has 0 bridgehead atoms. The molecule has 1 aromatic rings. The number of halogens is 1. The molecule has 0 aliphatic carbocycles. The highest BCUT2D eigenvalue weighted by Gasteiger charge is 2.15. The van der Waals surface area contributed by atoms with Crippen LogP contribution in [0.3, 0.4) is 0 Å². The average molecular weight is 280 g/mol. The highest BCUT2D eigenvalue weighted by Crippen LogP contribution is 2.23. The Labute approximate surface area is 123 Å². The number of anilines is 1. The van der Waals surface area contributed by atoms with Gasteiger partial charge in [-0.15, -0.1) is 0 Å². The second-order valence-electron chi connectivity index (χ2n) is 6.05. The van der Waals surface area contributed by atoms with Gasteiger partial charge in [0.15, 0.2) is 0 Å². The van der Waals surface area contributed by atoms with Gasteiger partial charge < -0.3 is 10.2 Å². The van der Waals surface area contributed by atoms with E-state index in [4.69, 9.17) is 0 Å². The standard InChI is InChI=1S/C17H29FN2/c1-6-9-19-12-15-7-8-17(16(18)11-15)20(5)14(4)10-13(2)3/h7-8,11,13-14,19H,6,9-10,12H2,1-5H3. The van der Waals surface area contributed by atoms with Crippen molar-refractivity contribution in [3.8, 4) is 0 Å². The molecule has 3 heteroatoms. The molecule has 1 unspecified atom stereocenters. The zero-order chi connectivity index (χ0) is 15.1. The number of nitrogens with zero attached hydrogens (tertiary/aromatic N) is 1. The summed E-state index contributed by atoms with van der Waals surface area (Å²) in [7, 11) is 1.97. The van der Waals surface area contributed by atoms with Gasteiger partial charge >= 0.3 is 0 Å². The second kappa shape index (κ2) is 8.25. The maximum atomic E-state index is 14.2. The van der Waals surface area contributed by atoms with E-state index >= 15 is 0 Å². The van der Waals surface area contributed by atoms with E-state index < -0.39 is 0 Å². The van der Waals surface area contributed by atoms with Crippen molar-refractivity contribution in [2.75, 3.05) is 18.5 Å². The molecule has 0 aliphatic heterocycles. The summed E-state index contributed by atoms with van der Waals surface area (Å²) in [5, 5.41) is 3.30. The first-order chi connectivity index (χ1) is 9.45. The van der Waals surface area contributed by atoms with Gasteiger partial charge in [0.1, 0.15) is 5.82 Å². The lowest BCUT2D eigenvalue weighted by atomic mass is 10.0. The molecular weight excluding hydrogens is 251 g/mol. The van der Waals surface area contributed by atoms with Crippen LogP contribution in [-0.4, -0.2) is 19.6 Å². The topological polar surface area (TPSA) is 15.3 Å². The zero-order valence-electron chi connectivity index (χ0n) is 13.5. The van der Waals surface area contributed by atoms with E-state index in [2.05, 4.69) is 33.0 Å². The number of hydrogen-bond acceptors (Lipinski definition) is 2. The molecule has 0 fully saturated rings. The molecule has 0 aliphatic rings. The molecule has 20 heavy (non-hydrogen) atoms. The van der Waals surface area contributed by atoms with Crippen LogP contribution in [0.1, 0.15) is 46.1 Å². The van der Waals surface area contributed by atoms with Gasteiger partial charge in [0.05, 0.1) is 5.69 Å². The monoisotopic (exact) mass is 280 g/mol. The van der Waals surface area contributed by atoms with Gasteiger partial charge in [-0.2, -0.15) is 0 Å². The minimum absolute atomic E-state index is 0.126. The Morgan fingerprint density at radius 2 is 1.95 bits per heavy atom. The Hall–Kier alpha value is -1.09. The van der Waals surface area contributed by atoms with Crippen molar-refractivity contribution in [3.05, 3.63) is 29.6 Å². The van der Waals surface area contributed by atoms with Gasteiger partial charge in [-0.25, -0.2) is 4.39 Å². The fraction of sp³-hybridized carbons (Fsp3) is 0.647. The predicted octanol–water partition coefficient (Wildman–Crippen LogP) is 4.20. The first-order valence-electron chi connectivity index (χ1n) is 7.67. The first kappa shape index (κ1) is 17.0. The Morgan fingerprint density at radius 1 is 1.25 bits per heavy atom. The number of benzene rings is 1. The summed E-state index contributed by atoms with van der Waals surface area (Å²) in [5.41, 5.74) is 1.70. The summed E-state index contributed by atoms with van der Waals surface area (Å²) in [6, 6.07) is 5.90. The average Bonchev–Trinajstić information content (AvgIpc) is 2.37. The Bertz CT molecular complexity index is 404. The number of nitrogens with one attached hydrogen (secondary N) is 1. The van der Waals surface area contributed by atoms with Crippen molar-refractivity contribution < 1.29 is 4.39 Å². The quantitative estimate of drug-likeness (QED) is 0.718. The smallest absolute Gasteiger partial charge is 0.146 e. The van der Waals surface area contributed by atoms with Gasteiger partial charge in [-0.1, -0.05) is 26.8 Å². The summed E-state index contributed by atoms with van der Waals surface area (Å²) < 4.78 is 14.2. The molecule has 114 valence electrons. The molecular formula is C17H29FN2. The molecule has 1 aromatic carbocycles. The maximum absolute atomic E-state index is 14.2. The minimum Gasteiger partial charge on any atom is -0.370 e.